The first-order valence-corrected chi connectivity index (χ1v) is 8.26. The Morgan fingerprint density at radius 2 is 1.85 bits per heavy atom. The predicted octanol–water partition coefficient (Wildman–Crippen LogP) is 4.66. The molecule has 1 aromatic heterocycles. The molecular formula is C19H17F3N4O. The fraction of sp³-hybridized carbons (Fsp3) is 0.211. The number of nitrogens with zero attached hydrogens (tertiary/aromatic N) is 3. The zero-order valence-corrected chi connectivity index (χ0v) is 14.7. The third kappa shape index (κ3) is 3.99. The molecule has 27 heavy (non-hydrogen) atoms. The van der Waals surface area contributed by atoms with E-state index >= 15 is 0 Å². The van der Waals surface area contributed by atoms with Gasteiger partial charge in [0.05, 0.1) is 28.7 Å². The van der Waals surface area contributed by atoms with Crippen LogP contribution in [0.15, 0.2) is 54.7 Å². The van der Waals surface area contributed by atoms with Crippen molar-refractivity contribution in [2.24, 2.45) is 0 Å². The van der Waals surface area contributed by atoms with Crippen LogP contribution in [-0.2, 0) is 6.18 Å². The Bertz CT molecular complexity index is 963. The topological polar surface area (TPSA) is 59.8 Å². The number of alkyl halides is 3. The Balaban J connectivity index is 1.90. The van der Waals surface area contributed by atoms with Gasteiger partial charge in [0, 0.05) is 5.69 Å². The van der Waals surface area contributed by atoms with Crippen molar-refractivity contribution in [2.75, 3.05) is 5.32 Å². The highest BCUT2D eigenvalue weighted by Crippen LogP contribution is 2.32. The van der Waals surface area contributed by atoms with Crippen molar-refractivity contribution in [1.82, 2.24) is 15.0 Å². The molecule has 0 fully saturated rings. The summed E-state index contributed by atoms with van der Waals surface area (Å²) in [6.07, 6.45) is -2.96. The highest BCUT2D eigenvalue weighted by molar-refractivity contribution is 6.05. The average Bonchev–Trinajstić information content (AvgIpc) is 3.11. The minimum atomic E-state index is -4.61. The molecular weight excluding hydrogens is 357 g/mol. The zero-order chi connectivity index (χ0) is 19.6. The van der Waals surface area contributed by atoms with E-state index in [9.17, 15) is 18.0 Å². The largest absolute Gasteiger partial charge is 0.417 e. The smallest absolute Gasteiger partial charge is 0.322 e. The Labute approximate surface area is 153 Å². The van der Waals surface area contributed by atoms with E-state index in [4.69, 9.17) is 0 Å². The number of anilines is 1. The molecule has 0 aliphatic rings. The molecule has 0 aliphatic heterocycles. The summed E-state index contributed by atoms with van der Waals surface area (Å²) >= 11 is 0. The van der Waals surface area contributed by atoms with Gasteiger partial charge in [-0.1, -0.05) is 37.3 Å². The summed E-state index contributed by atoms with van der Waals surface area (Å²) < 4.78 is 41.0. The van der Waals surface area contributed by atoms with Crippen LogP contribution in [0.2, 0.25) is 0 Å². The van der Waals surface area contributed by atoms with Crippen molar-refractivity contribution in [3.63, 3.8) is 0 Å². The van der Waals surface area contributed by atoms with E-state index in [0.717, 1.165) is 17.8 Å². The number of benzene rings is 2. The molecule has 8 heteroatoms. The molecule has 0 atom stereocenters. The Hall–Kier alpha value is -3.16. The number of carbonyl (C=O) groups is 1. The van der Waals surface area contributed by atoms with Gasteiger partial charge in [0.15, 0.2) is 0 Å². The average molecular weight is 374 g/mol. The van der Waals surface area contributed by atoms with E-state index in [1.54, 1.807) is 35.1 Å². The lowest BCUT2D eigenvalue weighted by Gasteiger charge is -2.14. The molecule has 1 heterocycles. The zero-order valence-electron chi connectivity index (χ0n) is 14.7. The van der Waals surface area contributed by atoms with Gasteiger partial charge in [0.25, 0.3) is 5.91 Å². The van der Waals surface area contributed by atoms with E-state index in [-0.39, 0.29) is 5.92 Å². The van der Waals surface area contributed by atoms with Gasteiger partial charge in [-0.25, -0.2) is 4.68 Å². The number of halogens is 3. The van der Waals surface area contributed by atoms with Crippen LogP contribution in [0.5, 0.6) is 0 Å². The van der Waals surface area contributed by atoms with Gasteiger partial charge >= 0.3 is 6.18 Å². The third-order valence-electron chi connectivity index (χ3n) is 3.99. The van der Waals surface area contributed by atoms with E-state index in [1.807, 2.05) is 13.8 Å². The summed E-state index contributed by atoms with van der Waals surface area (Å²) in [7, 11) is 0. The molecule has 0 radical (unpaired) electrons. The first-order valence-electron chi connectivity index (χ1n) is 8.26. The summed E-state index contributed by atoms with van der Waals surface area (Å²) in [4.78, 5) is 12.4. The van der Waals surface area contributed by atoms with Crippen LogP contribution >= 0.6 is 0 Å². The summed E-state index contributed by atoms with van der Waals surface area (Å²) in [5.41, 5.74) is 0.481. The van der Waals surface area contributed by atoms with Crippen molar-refractivity contribution in [3.05, 3.63) is 71.5 Å². The second kappa shape index (κ2) is 7.22. The van der Waals surface area contributed by atoms with Crippen LogP contribution in [0.3, 0.4) is 0 Å². The molecule has 0 unspecified atom stereocenters. The van der Waals surface area contributed by atoms with Gasteiger partial charge < -0.3 is 5.32 Å². The maximum atomic E-state index is 13.1. The predicted molar refractivity (Wildman–Crippen MR) is 94.8 cm³/mol. The number of hydrogen-bond donors (Lipinski definition) is 1. The number of aromatic nitrogens is 3. The highest BCUT2D eigenvalue weighted by Gasteiger charge is 2.34. The van der Waals surface area contributed by atoms with Crippen molar-refractivity contribution in [1.29, 1.82) is 0 Å². The number of rotatable bonds is 4. The lowest BCUT2D eigenvalue weighted by molar-refractivity contribution is -0.137. The molecule has 1 amide bonds. The van der Waals surface area contributed by atoms with Crippen LogP contribution < -0.4 is 5.32 Å². The minimum absolute atomic E-state index is 0.178. The van der Waals surface area contributed by atoms with Crippen molar-refractivity contribution in [2.45, 2.75) is 25.9 Å². The van der Waals surface area contributed by atoms with Crippen LogP contribution in [-0.4, -0.2) is 20.9 Å². The van der Waals surface area contributed by atoms with E-state index < -0.39 is 23.2 Å². The standard InChI is InChI=1S/C19H17F3N4O/c1-12(2)17-11-23-25-26(17)14-7-5-6-13(10-14)24-18(27)15-8-3-4-9-16(15)19(20,21)22/h3-12H,1-2H3,(H,24,27). The fourth-order valence-corrected chi connectivity index (χ4v) is 2.68. The van der Waals surface area contributed by atoms with Gasteiger partial charge in [0.1, 0.15) is 0 Å². The van der Waals surface area contributed by atoms with Crippen LogP contribution in [0.1, 0.15) is 41.4 Å². The number of carbonyl (C=O) groups excluding carboxylic acids is 1. The molecule has 0 saturated carbocycles. The molecule has 1 N–H and O–H groups in total. The van der Waals surface area contributed by atoms with Crippen LogP contribution in [0.4, 0.5) is 18.9 Å². The second-order valence-corrected chi connectivity index (χ2v) is 6.27. The summed E-state index contributed by atoms with van der Waals surface area (Å²) in [6.45, 7) is 3.99. The molecule has 0 saturated heterocycles. The highest BCUT2D eigenvalue weighted by atomic mass is 19.4. The van der Waals surface area contributed by atoms with Gasteiger partial charge in [-0.05, 0) is 36.2 Å². The van der Waals surface area contributed by atoms with E-state index in [0.29, 0.717) is 11.4 Å². The fourth-order valence-electron chi connectivity index (χ4n) is 2.68. The SMILES string of the molecule is CC(C)c1cnnn1-c1cccc(NC(=O)c2ccccc2C(F)(F)F)c1. The Kier molecular flexibility index (Phi) is 4.98. The van der Waals surface area contributed by atoms with Gasteiger partial charge in [-0.15, -0.1) is 5.10 Å². The summed E-state index contributed by atoms with van der Waals surface area (Å²) in [6, 6.07) is 11.4. The first kappa shape index (κ1) is 18.6. The van der Waals surface area contributed by atoms with Crippen molar-refractivity contribution >= 4 is 11.6 Å². The lowest BCUT2D eigenvalue weighted by Crippen LogP contribution is -2.18. The quantitative estimate of drug-likeness (QED) is 0.722. The van der Waals surface area contributed by atoms with Crippen LogP contribution in [0.25, 0.3) is 5.69 Å². The van der Waals surface area contributed by atoms with E-state index in [2.05, 4.69) is 15.6 Å². The molecule has 5 nitrogen and oxygen atoms in total. The number of amides is 1. The Morgan fingerprint density at radius 1 is 1.11 bits per heavy atom. The van der Waals surface area contributed by atoms with Crippen molar-refractivity contribution in [3.8, 4) is 5.69 Å². The van der Waals surface area contributed by atoms with E-state index in [1.165, 1.54) is 12.1 Å². The molecule has 3 aromatic rings. The molecule has 140 valence electrons. The molecule has 3 rings (SSSR count). The van der Waals surface area contributed by atoms with Crippen molar-refractivity contribution < 1.29 is 18.0 Å². The first-order chi connectivity index (χ1) is 12.8. The second-order valence-electron chi connectivity index (χ2n) is 6.27. The number of nitrogens with one attached hydrogen (secondary N) is 1. The summed E-state index contributed by atoms with van der Waals surface area (Å²) in [5.74, 6) is -0.653. The minimum Gasteiger partial charge on any atom is -0.322 e. The lowest BCUT2D eigenvalue weighted by atomic mass is 10.1. The van der Waals surface area contributed by atoms with Gasteiger partial charge in [0.2, 0.25) is 0 Å². The Morgan fingerprint density at radius 3 is 2.56 bits per heavy atom. The summed E-state index contributed by atoms with van der Waals surface area (Å²) in [5, 5.41) is 10.5. The van der Waals surface area contributed by atoms with Gasteiger partial charge in [-0.3, -0.25) is 4.79 Å². The maximum Gasteiger partial charge on any atom is 0.417 e. The molecule has 0 bridgehead atoms. The molecule has 2 aromatic carbocycles. The number of hydrogen-bond acceptors (Lipinski definition) is 3. The van der Waals surface area contributed by atoms with Crippen LogP contribution in [0, 0.1) is 0 Å². The molecule has 0 spiro atoms. The third-order valence-corrected chi connectivity index (χ3v) is 3.99. The van der Waals surface area contributed by atoms with Gasteiger partial charge in [-0.2, -0.15) is 13.2 Å². The molecule has 0 aliphatic carbocycles. The normalized spacial score (nSPS) is 11.6. The maximum absolute atomic E-state index is 13.1. The monoisotopic (exact) mass is 374 g/mol.